The van der Waals surface area contributed by atoms with Crippen molar-refractivity contribution in [1.82, 2.24) is 31.2 Å². The number of primary amides is 1. The fourth-order valence-corrected chi connectivity index (χ4v) is 9.68. The molecule has 83 heavy (non-hydrogen) atoms. The largest absolute Gasteiger partial charge is 0.493 e. The van der Waals surface area contributed by atoms with Gasteiger partial charge in [0.1, 0.15) is 36.7 Å². The van der Waals surface area contributed by atoms with Gasteiger partial charge in [0, 0.05) is 84.2 Å². The second-order valence-corrected chi connectivity index (χ2v) is 20.7. The first-order chi connectivity index (χ1) is 40.1. The van der Waals surface area contributed by atoms with Gasteiger partial charge < -0.3 is 81.3 Å². The Morgan fingerprint density at radius 2 is 1.51 bits per heavy atom. The molecule has 0 spiro atoms. The predicted molar refractivity (Wildman–Crippen MR) is 317 cm³/mol. The highest BCUT2D eigenvalue weighted by atomic mass is 35.5. The number of anilines is 2. The van der Waals surface area contributed by atoms with Crippen molar-refractivity contribution in [3.05, 3.63) is 126 Å². The smallest absolute Gasteiger partial charge is 0.408 e. The standard InChI is InChI=1S/C60H75ClN10O12/c1-37(2)53(69-60(77)82-36-38-12-7-6-8-13-38)56(73)68-45(16-11-22-65-59(63)76)55(72)66-42-19-17-39(18-20-42)54(57(74)64-23-26-80-29-28-79-25-21-62)83-49-33-48-52(44-15-10-9-14-43(44)49)41(34-61)35-71(48)58(75)47-30-40-31-51(81-27-24-70(3)4)50(78-5)32-46(40)67-47/h6-10,12-15,17-20,30-33,37,41,45,53-54,67H,11,16,21-29,34-36,62H2,1-5H3,(H,64,74)(H,66,72)(H,68,73)(H,69,77)(H3,63,65,76)/t41-,45?,53-,54?/m1/s1. The number of rotatable bonds is 31. The molecule has 0 fully saturated rings. The summed E-state index contributed by atoms with van der Waals surface area (Å²) in [4.78, 5) is 88.5. The van der Waals surface area contributed by atoms with Crippen LogP contribution in [0.3, 0.4) is 0 Å². The van der Waals surface area contributed by atoms with Gasteiger partial charge in [-0.1, -0.05) is 80.6 Å². The third kappa shape index (κ3) is 17.2. The van der Waals surface area contributed by atoms with E-state index in [1.54, 1.807) is 80.5 Å². The lowest BCUT2D eigenvalue weighted by Gasteiger charge is -2.25. The SMILES string of the molecule is COc1cc2[nH]c(C(=O)N3C[C@@H](CCl)c4c3cc(OC(C(=O)NCCOCCOCCN)c3ccc(NC(=O)C(CCCNC(N)=O)NC(=O)[C@H](NC(=O)OCc5ccccc5)C(C)C)cc3)c3ccccc43)cc2cc1OCCN(C)C. The Morgan fingerprint density at radius 3 is 2.19 bits per heavy atom. The minimum absolute atomic E-state index is 0.0175. The molecule has 6 aromatic rings. The molecule has 7 rings (SSSR count). The minimum Gasteiger partial charge on any atom is -0.493 e. The van der Waals surface area contributed by atoms with Crippen molar-refractivity contribution in [2.24, 2.45) is 17.4 Å². The van der Waals surface area contributed by atoms with Gasteiger partial charge in [0.2, 0.25) is 17.9 Å². The van der Waals surface area contributed by atoms with Gasteiger partial charge in [-0.15, -0.1) is 11.6 Å². The summed E-state index contributed by atoms with van der Waals surface area (Å²) in [7, 11) is 5.48. The van der Waals surface area contributed by atoms with Gasteiger partial charge in [-0.25, -0.2) is 9.59 Å². The van der Waals surface area contributed by atoms with Crippen molar-refractivity contribution >= 4 is 80.4 Å². The van der Waals surface area contributed by atoms with Crippen LogP contribution in [-0.4, -0.2) is 151 Å². The predicted octanol–water partition coefficient (Wildman–Crippen LogP) is 6.30. The highest BCUT2D eigenvalue weighted by molar-refractivity contribution is 6.19. The fourth-order valence-electron chi connectivity index (χ4n) is 9.43. The van der Waals surface area contributed by atoms with Gasteiger partial charge in [-0.2, -0.15) is 0 Å². The van der Waals surface area contributed by atoms with Crippen molar-refractivity contribution in [1.29, 1.82) is 0 Å². The molecule has 1 aliphatic heterocycles. The van der Waals surface area contributed by atoms with Gasteiger partial charge in [0.05, 0.1) is 39.2 Å². The van der Waals surface area contributed by atoms with Crippen molar-refractivity contribution in [3.63, 3.8) is 0 Å². The van der Waals surface area contributed by atoms with E-state index in [0.717, 1.165) is 21.9 Å². The van der Waals surface area contributed by atoms with E-state index in [-0.39, 0.29) is 70.0 Å². The van der Waals surface area contributed by atoms with E-state index in [1.807, 2.05) is 67.5 Å². The molecule has 0 bridgehead atoms. The number of nitrogens with one attached hydrogen (secondary N) is 6. The summed E-state index contributed by atoms with van der Waals surface area (Å²) in [6.45, 7) is 6.66. The van der Waals surface area contributed by atoms with E-state index in [2.05, 4.69) is 31.6 Å². The first-order valence-electron chi connectivity index (χ1n) is 27.5. The molecule has 0 radical (unpaired) electrons. The van der Waals surface area contributed by atoms with Crippen LogP contribution in [0.5, 0.6) is 17.2 Å². The number of halogens is 1. The number of aromatic nitrogens is 1. The average molecular weight is 1160 g/mol. The molecule has 0 saturated heterocycles. The molecule has 2 heterocycles. The summed E-state index contributed by atoms with van der Waals surface area (Å²) >= 11 is 6.70. The molecule has 1 aliphatic rings. The van der Waals surface area contributed by atoms with E-state index in [4.69, 9.17) is 51.5 Å². The first kappa shape index (κ1) is 62.5. The van der Waals surface area contributed by atoms with Gasteiger partial charge >= 0.3 is 12.1 Å². The van der Waals surface area contributed by atoms with Crippen LogP contribution in [0.1, 0.15) is 65.9 Å². The Hall–Kier alpha value is -8.15. The highest BCUT2D eigenvalue weighted by Crippen LogP contribution is 2.47. The normalized spacial score (nSPS) is 13.9. The van der Waals surface area contributed by atoms with Crippen LogP contribution >= 0.6 is 11.6 Å². The van der Waals surface area contributed by atoms with E-state index in [1.165, 1.54) is 0 Å². The molecule has 0 saturated carbocycles. The van der Waals surface area contributed by atoms with Crippen molar-refractivity contribution < 1.29 is 57.2 Å². The van der Waals surface area contributed by atoms with Crippen LogP contribution < -0.4 is 57.2 Å². The number of alkyl halides is 1. The number of benzene rings is 5. The molecule has 23 heteroatoms. The Bertz CT molecular complexity index is 3160. The number of nitrogens with two attached hydrogens (primary N) is 2. The number of ether oxygens (including phenoxy) is 6. The summed E-state index contributed by atoms with van der Waals surface area (Å²) < 4.78 is 35.0. The number of hydrogen-bond acceptors (Lipinski definition) is 14. The quantitative estimate of drug-likeness (QED) is 0.0175. The number of fused-ring (bicyclic) bond motifs is 4. The summed E-state index contributed by atoms with van der Waals surface area (Å²) in [5.74, 6) is -1.13. The minimum atomic E-state index is -1.29. The number of amides is 7. The number of methoxy groups -OCH3 is 1. The number of nitrogens with zero attached hydrogens (tertiary/aromatic N) is 2. The number of H-pyrrole nitrogens is 1. The Labute approximate surface area is 487 Å². The lowest BCUT2D eigenvalue weighted by atomic mass is 9.95. The number of alkyl carbamates (subject to hydrolysis) is 1. The third-order valence-corrected chi connectivity index (χ3v) is 14.0. The average Bonchev–Trinajstić information content (AvgIpc) is 2.43. The summed E-state index contributed by atoms with van der Waals surface area (Å²) in [6, 6.07) is 27.3. The molecular formula is C60H75ClN10O12. The summed E-state index contributed by atoms with van der Waals surface area (Å²) in [5, 5.41) is 15.9. The number of likely N-dealkylation sites (N-methyl/N-ethyl adjacent to an activating group) is 1. The van der Waals surface area contributed by atoms with E-state index in [9.17, 15) is 28.8 Å². The second-order valence-electron chi connectivity index (χ2n) is 20.4. The monoisotopic (exact) mass is 1160 g/mol. The van der Waals surface area contributed by atoms with Crippen LogP contribution in [0.4, 0.5) is 21.0 Å². The zero-order chi connectivity index (χ0) is 59.4. The highest BCUT2D eigenvalue weighted by Gasteiger charge is 2.37. The fraction of sp³-hybridized carbons (Fsp3) is 0.400. The van der Waals surface area contributed by atoms with Crippen LogP contribution in [0.25, 0.3) is 21.7 Å². The molecule has 5 aromatic carbocycles. The number of hydrogen-bond donors (Lipinski definition) is 8. The summed E-state index contributed by atoms with van der Waals surface area (Å²) in [6.07, 6.45) is -1.77. The topological polar surface area (TPSA) is 292 Å². The number of carbonyl (C=O) groups is 6. The number of urea groups is 1. The molecule has 22 nitrogen and oxygen atoms in total. The Balaban J connectivity index is 1.15. The Morgan fingerprint density at radius 1 is 0.783 bits per heavy atom. The van der Waals surface area contributed by atoms with Crippen LogP contribution in [0.15, 0.2) is 103 Å². The van der Waals surface area contributed by atoms with Gasteiger partial charge in [0.15, 0.2) is 11.5 Å². The maximum Gasteiger partial charge on any atom is 0.408 e. The molecule has 444 valence electrons. The van der Waals surface area contributed by atoms with Crippen LogP contribution in [0, 0.1) is 5.92 Å². The zero-order valence-electron chi connectivity index (χ0n) is 47.4. The van der Waals surface area contributed by atoms with E-state index < -0.39 is 54.0 Å². The molecular weight excluding hydrogens is 1090 g/mol. The molecule has 7 amide bonds. The lowest BCUT2D eigenvalue weighted by Crippen LogP contribution is -2.54. The maximum absolute atomic E-state index is 14.8. The third-order valence-electron chi connectivity index (χ3n) is 13.7. The zero-order valence-corrected chi connectivity index (χ0v) is 48.2. The van der Waals surface area contributed by atoms with Gasteiger partial charge in [-0.05, 0) is 73.6 Å². The van der Waals surface area contributed by atoms with E-state index in [0.29, 0.717) is 83.7 Å². The second kappa shape index (κ2) is 30.8. The first-order valence-corrected chi connectivity index (χ1v) is 28.1. The number of aromatic amines is 1. The van der Waals surface area contributed by atoms with Crippen molar-refractivity contribution in [2.45, 2.75) is 57.4 Å². The van der Waals surface area contributed by atoms with Crippen molar-refractivity contribution in [3.8, 4) is 17.2 Å². The van der Waals surface area contributed by atoms with Gasteiger partial charge in [-0.3, -0.25) is 19.2 Å². The van der Waals surface area contributed by atoms with Crippen molar-refractivity contribution in [2.75, 3.05) is 103 Å². The molecule has 2 unspecified atom stereocenters. The Kier molecular flexibility index (Phi) is 23.2. The maximum atomic E-state index is 14.8. The molecule has 4 atom stereocenters. The lowest BCUT2D eigenvalue weighted by molar-refractivity contribution is -0.128. The van der Waals surface area contributed by atoms with Crippen LogP contribution in [-0.2, 0) is 35.2 Å². The molecule has 10 N–H and O–H groups in total. The van der Waals surface area contributed by atoms with Gasteiger partial charge in [0.25, 0.3) is 11.8 Å². The summed E-state index contributed by atoms with van der Waals surface area (Å²) in [5.41, 5.74) is 14.7. The van der Waals surface area contributed by atoms with E-state index >= 15 is 0 Å². The molecule has 0 aliphatic carbocycles. The number of carbonyl (C=O) groups excluding carboxylic acids is 6. The van der Waals surface area contributed by atoms with Crippen LogP contribution in [0.2, 0.25) is 0 Å². The molecule has 1 aromatic heterocycles.